The summed E-state index contributed by atoms with van der Waals surface area (Å²) in [6.45, 7) is 12.3. The lowest BCUT2D eigenvalue weighted by Crippen LogP contribution is -2.46. The summed E-state index contributed by atoms with van der Waals surface area (Å²) >= 11 is 0. The number of nitrogens with one attached hydrogen (secondary N) is 1. The molecular weight excluding hydrogens is 490 g/mol. The molecule has 0 aliphatic carbocycles. The first-order chi connectivity index (χ1) is 18.9. The second-order valence-corrected chi connectivity index (χ2v) is 10.4. The molecule has 0 saturated carbocycles. The number of piperidine rings is 1. The summed E-state index contributed by atoms with van der Waals surface area (Å²) in [7, 11) is 0. The smallest absolute Gasteiger partial charge is 0.319 e. The van der Waals surface area contributed by atoms with E-state index in [0.29, 0.717) is 23.5 Å². The number of pyridine rings is 2. The van der Waals surface area contributed by atoms with Crippen molar-refractivity contribution in [3.63, 3.8) is 0 Å². The summed E-state index contributed by atoms with van der Waals surface area (Å²) in [5, 5.41) is 16.2. The minimum atomic E-state index is 0.160. The van der Waals surface area contributed by atoms with Gasteiger partial charge < -0.3 is 15.1 Å². The minimum absolute atomic E-state index is 0.160. The molecule has 1 aliphatic heterocycles. The summed E-state index contributed by atoms with van der Waals surface area (Å²) in [6.07, 6.45) is 9.60. The van der Waals surface area contributed by atoms with Crippen LogP contribution in [0, 0.1) is 5.92 Å². The van der Waals surface area contributed by atoms with Crippen molar-refractivity contribution >= 4 is 28.7 Å². The predicted molar refractivity (Wildman–Crippen MR) is 153 cm³/mol. The molecule has 2 amide bonds. The molecule has 0 spiro atoms. The zero-order valence-electron chi connectivity index (χ0n) is 23.2. The average molecular weight is 528 g/mol. The van der Waals surface area contributed by atoms with Crippen molar-refractivity contribution in [2.75, 3.05) is 31.5 Å². The van der Waals surface area contributed by atoms with Gasteiger partial charge in [-0.05, 0) is 68.4 Å². The third-order valence-corrected chi connectivity index (χ3v) is 7.47. The van der Waals surface area contributed by atoms with Gasteiger partial charge in [-0.15, -0.1) is 5.10 Å². The third-order valence-electron chi connectivity index (χ3n) is 7.47. The van der Waals surface area contributed by atoms with Crippen LogP contribution in [0.1, 0.15) is 52.0 Å². The van der Waals surface area contributed by atoms with Crippen LogP contribution in [-0.4, -0.2) is 72.0 Å². The molecule has 1 fully saturated rings. The SMILES string of the molecule is CCN(CC)C(=O)N1CCC(Cn2cc(-c3cnc4ccc(Nc5cc(C(C)C)cnn5)nc4c3)cn2)CC1. The van der Waals surface area contributed by atoms with E-state index in [1.54, 1.807) is 6.20 Å². The number of carbonyl (C=O) groups excluding carboxylic acids is 1. The maximum atomic E-state index is 12.6. The highest BCUT2D eigenvalue weighted by molar-refractivity contribution is 5.81. The van der Waals surface area contributed by atoms with Gasteiger partial charge in [0.2, 0.25) is 0 Å². The number of hydrogen-bond donors (Lipinski definition) is 1. The van der Waals surface area contributed by atoms with Crippen LogP contribution in [0.25, 0.3) is 22.2 Å². The topological polar surface area (TPSA) is 105 Å². The molecular formula is C29H37N9O. The van der Waals surface area contributed by atoms with Crippen LogP contribution in [0.4, 0.5) is 16.4 Å². The molecule has 4 aromatic rings. The average Bonchev–Trinajstić information content (AvgIpc) is 3.42. The zero-order chi connectivity index (χ0) is 27.4. The summed E-state index contributed by atoms with van der Waals surface area (Å²) in [5.74, 6) is 2.23. The maximum absolute atomic E-state index is 12.6. The lowest BCUT2D eigenvalue weighted by atomic mass is 9.97. The van der Waals surface area contributed by atoms with E-state index in [0.717, 1.165) is 73.3 Å². The number of anilines is 2. The highest BCUT2D eigenvalue weighted by Gasteiger charge is 2.25. The first kappa shape index (κ1) is 26.5. The Morgan fingerprint density at radius 3 is 2.56 bits per heavy atom. The van der Waals surface area contributed by atoms with Crippen LogP contribution >= 0.6 is 0 Å². The quantitative estimate of drug-likeness (QED) is 0.330. The molecule has 0 aromatic carbocycles. The molecule has 5 heterocycles. The van der Waals surface area contributed by atoms with Crippen LogP contribution in [0.3, 0.4) is 0 Å². The van der Waals surface area contributed by atoms with Crippen LogP contribution in [0.15, 0.2) is 49.1 Å². The predicted octanol–water partition coefficient (Wildman–Crippen LogP) is 5.32. The first-order valence-corrected chi connectivity index (χ1v) is 13.9. The van der Waals surface area contributed by atoms with Crippen molar-refractivity contribution in [3.05, 3.63) is 54.6 Å². The number of fused-ring (bicyclic) bond motifs is 1. The minimum Gasteiger partial charge on any atom is -0.325 e. The Bertz CT molecular complexity index is 1420. The Kier molecular flexibility index (Phi) is 7.99. The lowest BCUT2D eigenvalue weighted by Gasteiger charge is -2.35. The molecule has 1 saturated heterocycles. The van der Waals surface area contributed by atoms with E-state index >= 15 is 0 Å². The summed E-state index contributed by atoms with van der Waals surface area (Å²) in [6, 6.07) is 8.06. The summed E-state index contributed by atoms with van der Waals surface area (Å²) < 4.78 is 2.01. The molecule has 5 rings (SSSR count). The van der Waals surface area contributed by atoms with E-state index in [4.69, 9.17) is 4.98 Å². The Morgan fingerprint density at radius 2 is 1.82 bits per heavy atom. The lowest BCUT2D eigenvalue weighted by molar-refractivity contribution is 0.132. The van der Waals surface area contributed by atoms with Gasteiger partial charge in [0, 0.05) is 56.2 Å². The normalized spacial score (nSPS) is 14.2. The van der Waals surface area contributed by atoms with Gasteiger partial charge >= 0.3 is 6.03 Å². The number of likely N-dealkylation sites (tertiary alicyclic amines) is 1. The Hall–Kier alpha value is -4.08. The molecule has 1 N–H and O–H groups in total. The van der Waals surface area contributed by atoms with Crippen molar-refractivity contribution in [2.45, 2.75) is 53.0 Å². The van der Waals surface area contributed by atoms with Crippen LogP contribution in [0.5, 0.6) is 0 Å². The fourth-order valence-electron chi connectivity index (χ4n) is 5.00. The van der Waals surface area contributed by atoms with Crippen molar-refractivity contribution in [1.29, 1.82) is 0 Å². The molecule has 0 atom stereocenters. The van der Waals surface area contributed by atoms with E-state index in [2.05, 4.69) is 45.6 Å². The Labute approximate surface area is 229 Å². The Balaban J connectivity index is 1.24. The fraction of sp³-hybridized carbons (Fsp3) is 0.448. The van der Waals surface area contributed by atoms with Crippen molar-refractivity contribution in [2.24, 2.45) is 5.92 Å². The highest BCUT2D eigenvalue weighted by Crippen LogP contribution is 2.25. The van der Waals surface area contributed by atoms with E-state index < -0.39 is 0 Å². The molecule has 1 aliphatic rings. The van der Waals surface area contributed by atoms with Crippen molar-refractivity contribution in [3.8, 4) is 11.1 Å². The van der Waals surface area contributed by atoms with Gasteiger partial charge in [0.1, 0.15) is 5.82 Å². The largest absolute Gasteiger partial charge is 0.325 e. The van der Waals surface area contributed by atoms with Crippen LogP contribution < -0.4 is 5.32 Å². The summed E-state index contributed by atoms with van der Waals surface area (Å²) in [5.41, 5.74) is 4.72. The van der Waals surface area contributed by atoms with Crippen molar-refractivity contribution < 1.29 is 4.79 Å². The molecule has 0 unspecified atom stereocenters. The van der Waals surface area contributed by atoms with E-state index in [9.17, 15) is 4.79 Å². The second-order valence-electron chi connectivity index (χ2n) is 10.4. The van der Waals surface area contributed by atoms with Gasteiger partial charge in [-0.2, -0.15) is 10.2 Å². The number of nitrogens with zero attached hydrogens (tertiary/aromatic N) is 8. The number of aromatic nitrogens is 6. The monoisotopic (exact) mass is 527 g/mol. The number of urea groups is 1. The maximum Gasteiger partial charge on any atom is 0.319 e. The molecule has 0 bridgehead atoms. The standard InChI is InChI=1S/C29H37N9O/c1-5-36(6-2)29(39)37-11-9-21(10-12-37)18-38-19-24(17-32-38)23-13-26-25(30-15-23)7-8-27(33-26)34-28-14-22(20(3)4)16-31-35-28/h7-8,13-17,19-21H,5-6,9-12,18H2,1-4H3,(H,33,34,35). The van der Waals surface area contributed by atoms with Crippen LogP contribution in [-0.2, 0) is 6.54 Å². The molecule has 0 radical (unpaired) electrons. The second kappa shape index (κ2) is 11.8. The number of carbonyl (C=O) groups is 1. The fourth-order valence-corrected chi connectivity index (χ4v) is 5.00. The molecule has 10 heteroatoms. The van der Waals surface area contributed by atoms with Crippen molar-refractivity contribution in [1.82, 2.24) is 39.7 Å². The van der Waals surface area contributed by atoms with Gasteiger partial charge in [-0.1, -0.05) is 13.8 Å². The third kappa shape index (κ3) is 6.16. The molecule has 204 valence electrons. The molecule has 4 aromatic heterocycles. The van der Waals surface area contributed by atoms with Gasteiger partial charge in [0.15, 0.2) is 5.82 Å². The highest BCUT2D eigenvalue weighted by atomic mass is 16.2. The Morgan fingerprint density at radius 1 is 1.03 bits per heavy atom. The van der Waals surface area contributed by atoms with E-state index in [1.165, 1.54) is 0 Å². The number of hydrogen-bond acceptors (Lipinski definition) is 7. The summed E-state index contributed by atoms with van der Waals surface area (Å²) in [4.78, 5) is 25.9. The van der Waals surface area contributed by atoms with E-state index in [1.807, 2.05) is 65.0 Å². The number of amides is 2. The van der Waals surface area contributed by atoms with Gasteiger partial charge in [-0.3, -0.25) is 9.67 Å². The number of rotatable bonds is 8. The van der Waals surface area contributed by atoms with Crippen LogP contribution in [0.2, 0.25) is 0 Å². The molecule has 10 nitrogen and oxygen atoms in total. The van der Waals surface area contributed by atoms with E-state index in [-0.39, 0.29) is 6.03 Å². The first-order valence-electron chi connectivity index (χ1n) is 13.9. The van der Waals surface area contributed by atoms with Gasteiger partial charge in [-0.25, -0.2) is 9.78 Å². The van der Waals surface area contributed by atoms with Gasteiger partial charge in [0.05, 0.1) is 23.4 Å². The zero-order valence-corrected chi connectivity index (χ0v) is 23.2. The van der Waals surface area contributed by atoms with Gasteiger partial charge in [0.25, 0.3) is 0 Å². The molecule has 39 heavy (non-hydrogen) atoms.